The van der Waals surface area contributed by atoms with Crippen LogP contribution in [0.4, 0.5) is 5.69 Å². The highest BCUT2D eigenvalue weighted by atomic mass is 127. The number of carbonyl (C=O) groups excluding carboxylic acids is 1. The minimum atomic E-state index is -0.121. The smallest absolute Gasteiger partial charge is 0.238 e. The fourth-order valence-electron chi connectivity index (χ4n) is 1.16. The molecule has 0 aliphatic carbocycles. The van der Waals surface area contributed by atoms with E-state index in [1.54, 1.807) is 19.2 Å². The highest BCUT2D eigenvalue weighted by molar-refractivity contribution is 14.1. The molecule has 0 unspecified atom stereocenters. The molecule has 1 rings (SSSR count). The van der Waals surface area contributed by atoms with Crippen LogP contribution in [0.5, 0.6) is 0 Å². The standard InChI is InChI=1S/C11H14ClIN2O2/c1-17-5-4-14-7-11(16)15-10-3-2-8(13)6-9(10)12/h2-3,6,14H,4-5,7H2,1H3,(H,15,16). The van der Waals surface area contributed by atoms with Gasteiger partial charge in [-0.1, -0.05) is 11.6 Å². The molecule has 4 nitrogen and oxygen atoms in total. The zero-order valence-corrected chi connectivity index (χ0v) is 12.3. The molecule has 0 fully saturated rings. The summed E-state index contributed by atoms with van der Waals surface area (Å²) in [6.45, 7) is 1.47. The molecule has 0 heterocycles. The molecule has 0 aliphatic rings. The molecule has 6 heteroatoms. The van der Waals surface area contributed by atoms with Crippen molar-refractivity contribution in [2.75, 3.05) is 32.1 Å². The second-order valence-electron chi connectivity index (χ2n) is 3.34. The normalized spacial score (nSPS) is 10.3. The molecule has 0 bridgehead atoms. The Morgan fingerprint density at radius 3 is 2.94 bits per heavy atom. The van der Waals surface area contributed by atoms with Crippen LogP contribution < -0.4 is 10.6 Å². The zero-order chi connectivity index (χ0) is 12.7. The van der Waals surface area contributed by atoms with Crippen LogP contribution >= 0.6 is 34.2 Å². The van der Waals surface area contributed by atoms with Gasteiger partial charge >= 0.3 is 0 Å². The third-order valence-electron chi connectivity index (χ3n) is 1.97. The molecule has 1 amide bonds. The average molecular weight is 369 g/mol. The first-order chi connectivity index (χ1) is 8.13. The fraction of sp³-hybridized carbons (Fsp3) is 0.364. The molecule has 0 aromatic heterocycles. The number of hydrogen-bond donors (Lipinski definition) is 2. The molecule has 0 saturated heterocycles. The van der Waals surface area contributed by atoms with E-state index in [1.807, 2.05) is 6.07 Å². The van der Waals surface area contributed by atoms with Crippen molar-refractivity contribution in [3.63, 3.8) is 0 Å². The van der Waals surface area contributed by atoms with E-state index in [1.165, 1.54) is 0 Å². The Labute approximate surface area is 119 Å². The lowest BCUT2D eigenvalue weighted by Gasteiger charge is -2.08. The van der Waals surface area contributed by atoms with E-state index in [-0.39, 0.29) is 12.5 Å². The Kier molecular flexibility index (Phi) is 6.79. The van der Waals surface area contributed by atoms with Crippen LogP contribution in [-0.4, -0.2) is 32.7 Å². The largest absolute Gasteiger partial charge is 0.383 e. The van der Waals surface area contributed by atoms with Gasteiger partial charge in [0.15, 0.2) is 0 Å². The number of anilines is 1. The van der Waals surface area contributed by atoms with Crippen LogP contribution in [0.25, 0.3) is 0 Å². The average Bonchev–Trinajstić information content (AvgIpc) is 2.28. The number of nitrogens with one attached hydrogen (secondary N) is 2. The van der Waals surface area contributed by atoms with Crippen molar-refractivity contribution in [1.29, 1.82) is 0 Å². The number of amides is 1. The van der Waals surface area contributed by atoms with Crippen LogP contribution in [0.1, 0.15) is 0 Å². The molecule has 0 spiro atoms. The number of methoxy groups -OCH3 is 1. The number of carbonyl (C=O) groups is 1. The van der Waals surface area contributed by atoms with Gasteiger partial charge in [0.05, 0.1) is 23.9 Å². The van der Waals surface area contributed by atoms with Gasteiger partial charge in [0.25, 0.3) is 0 Å². The molecular weight excluding hydrogens is 354 g/mol. The second kappa shape index (κ2) is 7.86. The maximum absolute atomic E-state index is 11.5. The quantitative estimate of drug-likeness (QED) is 0.597. The Balaban J connectivity index is 2.40. The van der Waals surface area contributed by atoms with Gasteiger partial charge in [-0.05, 0) is 40.8 Å². The highest BCUT2D eigenvalue weighted by Gasteiger charge is 2.05. The van der Waals surface area contributed by atoms with Crippen molar-refractivity contribution >= 4 is 45.8 Å². The first-order valence-corrected chi connectivity index (χ1v) is 6.53. The molecule has 1 aromatic rings. The van der Waals surface area contributed by atoms with Gasteiger partial charge in [-0.25, -0.2) is 0 Å². The van der Waals surface area contributed by atoms with E-state index in [0.717, 1.165) is 3.57 Å². The predicted molar refractivity (Wildman–Crippen MR) is 77.5 cm³/mol. The van der Waals surface area contributed by atoms with Crippen molar-refractivity contribution in [3.8, 4) is 0 Å². The molecule has 1 aromatic carbocycles. The van der Waals surface area contributed by atoms with E-state index in [4.69, 9.17) is 16.3 Å². The van der Waals surface area contributed by atoms with Crippen LogP contribution in [-0.2, 0) is 9.53 Å². The summed E-state index contributed by atoms with van der Waals surface area (Å²) in [5.74, 6) is -0.121. The molecule has 0 radical (unpaired) electrons. The van der Waals surface area contributed by atoms with Crippen LogP contribution in [0, 0.1) is 3.57 Å². The van der Waals surface area contributed by atoms with Crippen LogP contribution in [0.2, 0.25) is 5.02 Å². The summed E-state index contributed by atoms with van der Waals surface area (Å²) in [6, 6.07) is 5.48. The van der Waals surface area contributed by atoms with Crippen LogP contribution in [0.3, 0.4) is 0 Å². The Morgan fingerprint density at radius 1 is 1.53 bits per heavy atom. The SMILES string of the molecule is COCCNCC(=O)Nc1ccc(I)cc1Cl. The van der Waals surface area contributed by atoms with Gasteiger partial charge in [-0.3, -0.25) is 4.79 Å². The molecule has 0 aliphatic heterocycles. The monoisotopic (exact) mass is 368 g/mol. The zero-order valence-electron chi connectivity index (χ0n) is 9.43. The Hall–Kier alpha value is -0.370. The summed E-state index contributed by atoms with van der Waals surface area (Å²) in [4.78, 5) is 11.5. The van der Waals surface area contributed by atoms with Gasteiger partial charge in [-0.2, -0.15) is 0 Å². The summed E-state index contributed by atoms with van der Waals surface area (Å²) in [6.07, 6.45) is 0. The van der Waals surface area contributed by atoms with Crippen molar-refractivity contribution < 1.29 is 9.53 Å². The number of halogens is 2. The molecule has 94 valence electrons. The number of hydrogen-bond acceptors (Lipinski definition) is 3. The molecule has 17 heavy (non-hydrogen) atoms. The Bertz CT molecular complexity index is 388. The second-order valence-corrected chi connectivity index (χ2v) is 4.99. The van der Waals surface area contributed by atoms with E-state index in [9.17, 15) is 4.79 Å². The minimum absolute atomic E-state index is 0.121. The van der Waals surface area contributed by atoms with Crippen molar-refractivity contribution in [3.05, 3.63) is 26.8 Å². The van der Waals surface area contributed by atoms with E-state index in [0.29, 0.717) is 23.9 Å². The summed E-state index contributed by atoms with van der Waals surface area (Å²) in [5.41, 5.74) is 0.630. The van der Waals surface area contributed by atoms with Crippen LogP contribution in [0.15, 0.2) is 18.2 Å². The fourth-order valence-corrected chi connectivity index (χ4v) is 2.06. The molecular formula is C11H14ClIN2O2. The lowest BCUT2D eigenvalue weighted by Crippen LogP contribution is -2.30. The van der Waals surface area contributed by atoms with Gasteiger partial charge < -0.3 is 15.4 Å². The lowest BCUT2D eigenvalue weighted by atomic mass is 10.3. The summed E-state index contributed by atoms with van der Waals surface area (Å²) >= 11 is 8.16. The summed E-state index contributed by atoms with van der Waals surface area (Å²) in [7, 11) is 1.62. The van der Waals surface area contributed by atoms with E-state index >= 15 is 0 Å². The van der Waals surface area contributed by atoms with Crippen molar-refractivity contribution in [2.24, 2.45) is 0 Å². The number of benzene rings is 1. The van der Waals surface area contributed by atoms with Gasteiger partial charge in [0.1, 0.15) is 0 Å². The highest BCUT2D eigenvalue weighted by Crippen LogP contribution is 2.23. The number of ether oxygens (including phenoxy) is 1. The molecule has 2 N–H and O–H groups in total. The molecule has 0 saturated carbocycles. The summed E-state index contributed by atoms with van der Waals surface area (Å²) in [5, 5.41) is 6.24. The topological polar surface area (TPSA) is 50.4 Å². The van der Waals surface area contributed by atoms with E-state index in [2.05, 4.69) is 33.2 Å². The van der Waals surface area contributed by atoms with Crippen molar-refractivity contribution in [2.45, 2.75) is 0 Å². The third kappa shape index (κ3) is 5.67. The first-order valence-electron chi connectivity index (χ1n) is 5.08. The van der Waals surface area contributed by atoms with E-state index < -0.39 is 0 Å². The predicted octanol–water partition coefficient (Wildman–Crippen LogP) is 2.12. The van der Waals surface area contributed by atoms with Gasteiger partial charge in [0.2, 0.25) is 5.91 Å². The first kappa shape index (κ1) is 14.7. The maximum atomic E-state index is 11.5. The maximum Gasteiger partial charge on any atom is 0.238 e. The minimum Gasteiger partial charge on any atom is -0.383 e. The molecule has 0 atom stereocenters. The van der Waals surface area contributed by atoms with Crippen molar-refractivity contribution in [1.82, 2.24) is 5.32 Å². The summed E-state index contributed by atoms with van der Waals surface area (Å²) < 4.78 is 5.89. The number of rotatable bonds is 6. The Morgan fingerprint density at radius 2 is 2.29 bits per heavy atom. The van der Waals surface area contributed by atoms with Gasteiger partial charge in [0, 0.05) is 17.2 Å². The third-order valence-corrected chi connectivity index (χ3v) is 2.96. The lowest BCUT2D eigenvalue weighted by molar-refractivity contribution is -0.115. The van der Waals surface area contributed by atoms with Gasteiger partial charge in [-0.15, -0.1) is 0 Å².